The normalized spacial score (nSPS) is 27.2. The van der Waals surface area contributed by atoms with Gasteiger partial charge in [0.25, 0.3) is 0 Å². The lowest BCUT2D eigenvalue weighted by Crippen LogP contribution is -2.65. The smallest absolute Gasteiger partial charge is 0.343 e. The summed E-state index contributed by atoms with van der Waals surface area (Å²) < 4.78 is 41.6. The van der Waals surface area contributed by atoms with E-state index in [-0.39, 0.29) is 89.3 Å². The highest BCUT2D eigenvalue weighted by Crippen LogP contribution is 2.38. The topological polar surface area (TPSA) is 250 Å². The van der Waals surface area contributed by atoms with Gasteiger partial charge in [0.1, 0.15) is 53.9 Å². The van der Waals surface area contributed by atoms with Gasteiger partial charge in [-0.15, -0.1) is 0 Å². The summed E-state index contributed by atoms with van der Waals surface area (Å²) in [6, 6.07) is 0.532. The van der Waals surface area contributed by atoms with Crippen molar-refractivity contribution in [3.05, 3.63) is 69.7 Å². The maximum atomic E-state index is 15.4. The molecule has 7 rings (SSSR count). The third-order valence-electron chi connectivity index (χ3n) is 21.2. The Labute approximate surface area is 574 Å². The third kappa shape index (κ3) is 18.0. The summed E-state index contributed by atoms with van der Waals surface area (Å²) in [4.78, 5) is 175. The molecule has 536 valence electrons. The minimum absolute atomic E-state index is 0.0136. The first-order valence-electron chi connectivity index (χ1n) is 34.7. The van der Waals surface area contributed by atoms with Gasteiger partial charge in [-0.05, 0) is 133 Å². The van der Waals surface area contributed by atoms with Gasteiger partial charge in [0.2, 0.25) is 65.0 Å². The van der Waals surface area contributed by atoms with Crippen molar-refractivity contribution in [2.45, 2.75) is 231 Å². The molecule has 2 aromatic carbocycles. The van der Waals surface area contributed by atoms with Gasteiger partial charge in [-0.25, -0.2) is 0 Å². The van der Waals surface area contributed by atoms with Crippen LogP contribution in [0.2, 0.25) is 5.02 Å². The third-order valence-corrected chi connectivity index (χ3v) is 21.5. The van der Waals surface area contributed by atoms with E-state index in [1.165, 1.54) is 68.4 Å². The number of alkyl halides is 3. The fourth-order valence-electron chi connectivity index (χ4n) is 14.6. The Morgan fingerprint density at radius 2 is 1.28 bits per heavy atom. The van der Waals surface area contributed by atoms with Crippen molar-refractivity contribution >= 4 is 76.6 Å². The van der Waals surface area contributed by atoms with Crippen LogP contribution >= 0.6 is 11.6 Å². The molecule has 3 aliphatic heterocycles. The molecular formula is C71H103ClF3N11O11. The Morgan fingerprint density at radius 3 is 1.86 bits per heavy atom. The molecule has 0 aromatic heterocycles. The molecule has 10 atom stereocenters. The highest BCUT2D eigenvalue weighted by atomic mass is 35.5. The number of nitrogens with one attached hydrogen (secondary N) is 3. The first-order chi connectivity index (χ1) is 45.7. The van der Waals surface area contributed by atoms with E-state index < -0.39 is 154 Å². The van der Waals surface area contributed by atoms with Crippen LogP contribution in [0.5, 0.6) is 0 Å². The van der Waals surface area contributed by atoms with Crippen molar-refractivity contribution in [2.24, 2.45) is 17.8 Å². The van der Waals surface area contributed by atoms with Gasteiger partial charge in [0.05, 0.1) is 17.1 Å². The zero-order chi connectivity index (χ0) is 71.7. The Kier molecular flexibility index (Phi) is 26.2. The molecule has 3 saturated heterocycles. The largest absolute Gasteiger partial charge is 0.417 e. The molecule has 2 aliphatic carbocycles. The minimum Gasteiger partial charge on any atom is -0.343 e. The maximum Gasteiger partial charge on any atom is 0.417 e. The number of carbonyl (C=O) groups excluding carboxylic acids is 11. The average molecular weight is 1380 g/mol. The van der Waals surface area contributed by atoms with E-state index in [9.17, 15) is 37.1 Å². The number of benzene rings is 2. The second-order valence-electron chi connectivity index (χ2n) is 28.4. The summed E-state index contributed by atoms with van der Waals surface area (Å²) in [5, 5.41) is 8.23. The predicted molar refractivity (Wildman–Crippen MR) is 360 cm³/mol. The predicted octanol–water partition coefficient (Wildman–Crippen LogP) is 6.54. The first-order valence-corrected chi connectivity index (χ1v) is 35.1. The van der Waals surface area contributed by atoms with Crippen molar-refractivity contribution in [3.63, 3.8) is 0 Å². The number of hydrogen-bond donors (Lipinski definition) is 3. The molecule has 5 aliphatic rings. The Balaban J connectivity index is 1.27. The van der Waals surface area contributed by atoms with Crippen LogP contribution in [0.4, 0.5) is 13.2 Å². The zero-order valence-corrected chi connectivity index (χ0v) is 59.7. The van der Waals surface area contributed by atoms with Gasteiger partial charge in [-0.3, -0.25) is 52.7 Å². The van der Waals surface area contributed by atoms with Gasteiger partial charge < -0.3 is 55.1 Å². The van der Waals surface area contributed by atoms with Crippen LogP contribution in [-0.4, -0.2) is 226 Å². The van der Waals surface area contributed by atoms with Gasteiger partial charge in [0, 0.05) is 73.8 Å². The lowest BCUT2D eigenvalue weighted by Gasteiger charge is -2.45. The summed E-state index contributed by atoms with van der Waals surface area (Å²) in [5.41, 5.74) is -0.645. The van der Waals surface area contributed by atoms with Gasteiger partial charge >= 0.3 is 6.18 Å². The Morgan fingerprint density at radius 1 is 0.649 bits per heavy atom. The molecule has 3 heterocycles. The maximum absolute atomic E-state index is 15.4. The van der Waals surface area contributed by atoms with Crippen LogP contribution in [0.3, 0.4) is 0 Å². The molecule has 0 bridgehead atoms. The number of likely N-dealkylation sites (N-methyl/N-ethyl adjacent to an activating group) is 6. The summed E-state index contributed by atoms with van der Waals surface area (Å²) in [6.45, 7) is 13.8. The van der Waals surface area contributed by atoms with E-state index >= 15 is 28.8 Å². The molecule has 2 saturated carbocycles. The molecule has 2 aromatic rings. The van der Waals surface area contributed by atoms with Crippen molar-refractivity contribution in [1.82, 2.24) is 55.1 Å². The van der Waals surface area contributed by atoms with E-state index in [1.807, 2.05) is 52.0 Å². The van der Waals surface area contributed by atoms with Crippen molar-refractivity contribution < 1.29 is 65.9 Å². The van der Waals surface area contributed by atoms with E-state index in [0.29, 0.717) is 49.7 Å². The number of halogens is 4. The van der Waals surface area contributed by atoms with Gasteiger partial charge in [0.15, 0.2) is 0 Å². The van der Waals surface area contributed by atoms with Crippen LogP contribution in [0.1, 0.15) is 167 Å². The van der Waals surface area contributed by atoms with Crippen LogP contribution in [-0.2, 0) is 71.8 Å². The molecule has 11 amide bonds. The Hall–Kier alpha value is -7.31. The summed E-state index contributed by atoms with van der Waals surface area (Å²) >= 11 is 6.16. The molecule has 0 radical (unpaired) electrons. The minimum atomic E-state index is -4.75. The molecule has 5 fully saturated rings. The summed E-state index contributed by atoms with van der Waals surface area (Å²) in [7, 11) is 7.46. The molecule has 26 heteroatoms. The molecule has 0 unspecified atom stereocenters. The number of nitrogens with zero attached hydrogens (tertiary/aromatic N) is 8. The fourth-order valence-corrected chi connectivity index (χ4v) is 14.9. The van der Waals surface area contributed by atoms with Crippen molar-refractivity contribution in [2.75, 3.05) is 61.4 Å². The number of amides is 11. The van der Waals surface area contributed by atoms with Crippen molar-refractivity contribution in [3.8, 4) is 0 Å². The number of fused-ring (bicyclic) bond motifs is 2. The van der Waals surface area contributed by atoms with E-state index in [0.717, 1.165) is 35.4 Å². The molecule has 1 spiro atoms. The Bertz CT molecular complexity index is 3210. The lowest BCUT2D eigenvalue weighted by molar-refractivity contribution is -0.160. The number of aryl methyl sites for hydroxylation is 2. The quantitative estimate of drug-likeness (QED) is 0.218. The highest BCUT2D eigenvalue weighted by molar-refractivity contribution is 6.31. The number of hydrogen-bond acceptors (Lipinski definition) is 11. The molecular weight excluding hydrogens is 1280 g/mol. The van der Waals surface area contributed by atoms with E-state index in [2.05, 4.69) is 16.0 Å². The standard InChI is InChI=1S/C71H103ClF3N11O11/c1-14-44(6)59-67(95)81(11)46(8)63(91)86-36-32-54(86)66(94)84(15-2)56(40-48-26-24-43(5)25-27-48)65(93)79(9)41-57(87)76-52(31-29-47-28-30-50(51(72)39-47)71(73,74)75)64(92)85-35-20-23-53(85)62(90)78-70(33-18-19-34-70)69(97)83(13)60(49-21-16-17-22-49)68(96)80(10)45(7)38-58(88)82(12)55(37-42(3)4)61(89)77-59/h24-28,30,39,42,44-46,49,52-56,59-60H,14-23,29,31-38,40-41H2,1-13H3,(H,76,87)(H,77,89)(H,78,90)/t44-,45+,46-,52-,53-,54-,55-,56-,59-,60-/m0/s1. The number of rotatable bonds is 11. The van der Waals surface area contributed by atoms with Crippen LogP contribution in [0.15, 0.2) is 42.5 Å². The van der Waals surface area contributed by atoms with Gasteiger partial charge in [-0.2, -0.15) is 13.2 Å². The fraction of sp³-hybridized carbons (Fsp3) is 0.676. The van der Waals surface area contributed by atoms with E-state index in [1.54, 1.807) is 34.9 Å². The zero-order valence-electron chi connectivity index (χ0n) is 58.9. The molecule has 22 nitrogen and oxygen atoms in total. The first kappa shape index (κ1) is 77.0. The number of carbonyl (C=O) groups is 11. The summed E-state index contributed by atoms with van der Waals surface area (Å²) in [6.07, 6.45) is 0.586. The van der Waals surface area contributed by atoms with E-state index in [4.69, 9.17) is 11.6 Å². The highest BCUT2D eigenvalue weighted by Gasteiger charge is 2.52. The van der Waals surface area contributed by atoms with Crippen LogP contribution in [0, 0.1) is 24.7 Å². The van der Waals surface area contributed by atoms with Crippen LogP contribution < -0.4 is 16.0 Å². The summed E-state index contributed by atoms with van der Waals surface area (Å²) in [5.74, 6) is -7.31. The van der Waals surface area contributed by atoms with Crippen molar-refractivity contribution in [1.29, 1.82) is 0 Å². The molecule has 97 heavy (non-hydrogen) atoms. The lowest BCUT2D eigenvalue weighted by atomic mass is 9.90. The second-order valence-corrected chi connectivity index (χ2v) is 28.8. The second kappa shape index (κ2) is 33.0. The average Bonchev–Trinajstić information content (AvgIpc) is 1.77. The molecule has 3 N–H and O–H groups in total. The SMILES string of the molecule is CC[C@H](C)[C@@H]1NC(=O)[C@H](CC(C)C)N(C)C(=O)C[C@@H](C)N(C)C(=O)[C@H](C2CCCC2)N(C)C(=O)C2(CCCC2)NC(=O)[C@@H]2CCCN2C(=O)[C@H](CCc2ccc(C(F)(F)F)c(Cl)c2)NC(=O)CN(C)C(=O)[C@H](Cc2ccc(C)cc2)N(CC)C(=O)[C@@H]2CCN2C(=O)[C@H](C)N(C)C1=O. The van der Waals surface area contributed by atoms with Gasteiger partial charge in [-0.1, -0.05) is 107 Å². The monoisotopic (exact) mass is 1380 g/mol. The van der Waals surface area contributed by atoms with Crippen LogP contribution in [0.25, 0.3) is 0 Å².